The third-order valence-electron chi connectivity index (χ3n) is 3.58. The molecule has 1 aromatic rings. The Morgan fingerprint density at radius 3 is 2.72 bits per heavy atom. The van der Waals surface area contributed by atoms with E-state index in [1.54, 1.807) is 6.07 Å². The Bertz CT molecular complexity index is 373. The van der Waals surface area contributed by atoms with Gasteiger partial charge in [0.05, 0.1) is 0 Å². The highest BCUT2D eigenvalue weighted by Gasteiger charge is 2.23. The molecule has 0 bridgehead atoms. The summed E-state index contributed by atoms with van der Waals surface area (Å²) in [5, 5.41) is 3.37. The molecule has 0 radical (unpaired) electrons. The van der Waals surface area contributed by atoms with Crippen LogP contribution in [-0.4, -0.2) is 26.3 Å². The summed E-state index contributed by atoms with van der Waals surface area (Å²) in [7, 11) is 1.98. The molecule has 1 heterocycles. The molecule has 1 unspecified atom stereocenters. The van der Waals surface area contributed by atoms with Crippen LogP contribution in [0.4, 0.5) is 4.39 Å². The number of benzene rings is 1. The molecular weight excluding hydrogens is 297 g/mol. The van der Waals surface area contributed by atoms with Crippen molar-refractivity contribution in [2.75, 3.05) is 20.3 Å². The lowest BCUT2D eigenvalue weighted by molar-refractivity contribution is 0.0547. The van der Waals surface area contributed by atoms with E-state index >= 15 is 0 Å². The fourth-order valence-electron chi connectivity index (χ4n) is 2.61. The third-order valence-corrected chi connectivity index (χ3v) is 4.04. The molecule has 1 N–H and O–H groups in total. The zero-order chi connectivity index (χ0) is 13.0. The van der Waals surface area contributed by atoms with Gasteiger partial charge in [-0.15, -0.1) is 0 Å². The van der Waals surface area contributed by atoms with Gasteiger partial charge in [0, 0.05) is 23.7 Å². The van der Waals surface area contributed by atoms with Gasteiger partial charge in [0.25, 0.3) is 0 Å². The number of likely N-dealkylation sites (N-methyl/N-ethyl adjacent to an activating group) is 1. The van der Waals surface area contributed by atoms with Crippen molar-refractivity contribution in [3.63, 3.8) is 0 Å². The van der Waals surface area contributed by atoms with E-state index in [4.69, 9.17) is 4.74 Å². The van der Waals surface area contributed by atoms with E-state index in [1.165, 1.54) is 6.07 Å². The molecule has 1 aliphatic heterocycles. The average molecular weight is 316 g/mol. The lowest BCUT2D eigenvalue weighted by Gasteiger charge is -2.30. The van der Waals surface area contributed by atoms with Crippen molar-refractivity contribution in [2.45, 2.75) is 25.3 Å². The molecular formula is C14H19BrFNO. The molecule has 1 aromatic carbocycles. The zero-order valence-corrected chi connectivity index (χ0v) is 12.2. The van der Waals surface area contributed by atoms with Crippen LogP contribution in [0.3, 0.4) is 0 Å². The van der Waals surface area contributed by atoms with Gasteiger partial charge in [0.2, 0.25) is 0 Å². The van der Waals surface area contributed by atoms with E-state index in [0.29, 0.717) is 12.0 Å². The predicted octanol–water partition coefficient (Wildman–Crippen LogP) is 3.15. The molecule has 4 heteroatoms. The first-order valence-corrected chi connectivity index (χ1v) is 7.18. The van der Waals surface area contributed by atoms with Crippen LogP contribution >= 0.6 is 15.9 Å². The van der Waals surface area contributed by atoms with E-state index in [2.05, 4.69) is 21.2 Å². The van der Waals surface area contributed by atoms with Crippen LogP contribution in [0, 0.1) is 11.7 Å². The van der Waals surface area contributed by atoms with Gasteiger partial charge in [-0.2, -0.15) is 0 Å². The van der Waals surface area contributed by atoms with Crippen molar-refractivity contribution < 1.29 is 9.13 Å². The van der Waals surface area contributed by atoms with Crippen molar-refractivity contribution in [3.8, 4) is 0 Å². The number of halogens is 2. The third kappa shape index (κ3) is 3.77. The van der Waals surface area contributed by atoms with Crippen molar-refractivity contribution >= 4 is 15.9 Å². The van der Waals surface area contributed by atoms with Crippen LogP contribution in [-0.2, 0) is 11.2 Å². The Labute approximate surface area is 116 Å². The average Bonchev–Trinajstić information content (AvgIpc) is 2.36. The molecule has 18 heavy (non-hydrogen) atoms. The second-order valence-corrected chi connectivity index (χ2v) is 5.74. The van der Waals surface area contributed by atoms with Crippen molar-refractivity contribution in [1.29, 1.82) is 0 Å². The molecule has 0 amide bonds. The summed E-state index contributed by atoms with van der Waals surface area (Å²) in [5.74, 6) is 0.437. The minimum atomic E-state index is -0.179. The molecule has 2 rings (SSSR count). The summed E-state index contributed by atoms with van der Waals surface area (Å²) >= 11 is 3.34. The molecule has 0 aromatic heterocycles. The van der Waals surface area contributed by atoms with Gasteiger partial charge in [-0.25, -0.2) is 4.39 Å². The first-order chi connectivity index (χ1) is 8.69. The maximum atomic E-state index is 13.4. The number of rotatable bonds is 4. The standard InChI is InChI=1S/C14H19BrFNO/c1-17-14(11-2-4-18-5-3-11)8-10-6-12(15)9-13(16)7-10/h6-7,9,11,14,17H,2-5,8H2,1H3. The Kier molecular flexibility index (Phi) is 5.15. The van der Waals surface area contributed by atoms with Gasteiger partial charge in [0.1, 0.15) is 5.82 Å². The number of hydrogen-bond acceptors (Lipinski definition) is 2. The van der Waals surface area contributed by atoms with E-state index in [0.717, 1.165) is 42.5 Å². The minimum absolute atomic E-state index is 0.179. The number of ether oxygens (including phenoxy) is 1. The minimum Gasteiger partial charge on any atom is -0.381 e. The molecule has 0 spiro atoms. The highest BCUT2D eigenvalue weighted by molar-refractivity contribution is 9.10. The Balaban J connectivity index is 2.04. The molecule has 1 saturated heterocycles. The quantitative estimate of drug-likeness (QED) is 0.921. The molecule has 2 nitrogen and oxygen atoms in total. The lowest BCUT2D eigenvalue weighted by atomic mass is 9.88. The van der Waals surface area contributed by atoms with Crippen molar-refractivity contribution in [1.82, 2.24) is 5.32 Å². The van der Waals surface area contributed by atoms with Crippen LogP contribution in [0.1, 0.15) is 18.4 Å². The van der Waals surface area contributed by atoms with Gasteiger partial charge in [0.15, 0.2) is 0 Å². The molecule has 0 saturated carbocycles. The van der Waals surface area contributed by atoms with Crippen LogP contribution in [0.25, 0.3) is 0 Å². The highest BCUT2D eigenvalue weighted by Crippen LogP contribution is 2.23. The molecule has 1 fully saturated rings. The van der Waals surface area contributed by atoms with Crippen LogP contribution in [0.2, 0.25) is 0 Å². The summed E-state index contributed by atoms with van der Waals surface area (Å²) in [6.45, 7) is 1.69. The van der Waals surface area contributed by atoms with Gasteiger partial charge in [-0.05, 0) is 56.0 Å². The molecule has 1 atom stereocenters. The Morgan fingerprint density at radius 2 is 2.11 bits per heavy atom. The monoisotopic (exact) mass is 315 g/mol. The number of nitrogens with one attached hydrogen (secondary N) is 1. The molecule has 1 aliphatic rings. The summed E-state index contributed by atoms with van der Waals surface area (Å²) in [6, 6.07) is 5.50. The van der Waals surface area contributed by atoms with E-state index in [-0.39, 0.29) is 5.82 Å². The number of hydrogen-bond donors (Lipinski definition) is 1. The molecule has 0 aliphatic carbocycles. The zero-order valence-electron chi connectivity index (χ0n) is 10.6. The van der Waals surface area contributed by atoms with Crippen LogP contribution in [0.15, 0.2) is 22.7 Å². The van der Waals surface area contributed by atoms with Crippen LogP contribution < -0.4 is 5.32 Å². The molecule has 100 valence electrons. The smallest absolute Gasteiger partial charge is 0.124 e. The Morgan fingerprint density at radius 1 is 1.39 bits per heavy atom. The second kappa shape index (κ2) is 6.64. The fourth-order valence-corrected chi connectivity index (χ4v) is 3.12. The van der Waals surface area contributed by atoms with Gasteiger partial charge in [-0.1, -0.05) is 15.9 Å². The van der Waals surface area contributed by atoms with E-state index in [1.807, 2.05) is 13.1 Å². The first-order valence-electron chi connectivity index (χ1n) is 6.39. The summed E-state index contributed by atoms with van der Waals surface area (Å²) in [6.07, 6.45) is 3.03. The summed E-state index contributed by atoms with van der Waals surface area (Å²) < 4.78 is 19.5. The second-order valence-electron chi connectivity index (χ2n) is 4.83. The van der Waals surface area contributed by atoms with Crippen LogP contribution in [0.5, 0.6) is 0 Å². The Hall–Kier alpha value is -0.450. The van der Waals surface area contributed by atoms with E-state index in [9.17, 15) is 4.39 Å². The maximum Gasteiger partial charge on any atom is 0.124 e. The SMILES string of the molecule is CNC(Cc1cc(F)cc(Br)c1)C1CCOCC1. The van der Waals surface area contributed by atoms with Gasteiger partial charge in [-0.3, -0.25) is 0 Å². The van der Waals surface area contributed by atoms with Crippen molar-refractivity contribution in [3.05, 3.63) is 34.1 Å². The fraction of sp³-hybridized carbons (Fsp3) is 0.571. The first kappa shape index (κ1) is 14.0. The van der Waals surface area contributed by atoms with E-state index < -0.39 is 0 Å². The normalized spacial score (nSPS) is 18.8. The van der Waals surface area contributed by atoms with Gasteiger partial charge >= 0.3 is 0 Å². The largest absolute Gasteiger partial charge is 0.381 e. The lowest BCUT2D eigenvalue weighted by Crippen LogP contribution is -2.38. The highest BCUT2D eigenvalue weighted by atomic mass is 79.9. The topological polar surface area (TPSA) is 21.3 Å². The maximum absolute atomic E-state index is 13.4. The predicted molar refractivity (Wildman–Crippen MR) is 74.2 cm³/mol. The van der Waals surface area contributed by atoms with Gasteiger partial charge < -0.3 is 10.1 Å². The summed E-state index contributed by atoms with van der Waals surface area (Å²) in [4.78, 5) is 0. The summed E-state index contributed by atoms with van der Waals surface area (Å²) in [5.41, 5.74) is 1.03. The van der Waals surface area contributed by atoms with Crippen molar-refractivity contribution in [2.24, 2.45) is 5.92 Å².